The zero-order valence-electron chi connectivity index (χ0n) is 9.51. The Morgan fingerprint density at radius 3 is 2.83 bits per heavy atom. The minimum Gasteiger partial charge on any atom is -0.467 e. The van der Waals surface area contributed by atoms with E-state index < -0.39 is 0 Å². The molecule has 2 amide bonds. The van der Waals surface area contributed by atoms with E-state index in [0.717, 1.165) is 0 Å². The molecule has 0 saturated carbocycles. The Hall–Kier alpha value is -2.08. The van der Waals surface area contributed by atoms with Gasteiger partial charge in [-0.15, -0.1) is 0 Å². The molecule has 0 atom stereocenters. The second-order valence-electron chi connectivity index (χ2n) is 3.55. The van der Waals surface area contributed by atoms with Crippen molar-refractivity contribution >= 4 is 23.2 Å². The number of rotatable bonds is 5. The van der Waals surface area contributed by atoms with Gasteiger partial charge < -0.3 is 15.1 Å². The highest BCUT2D eigenvalue weighted by Gasteiger charge is 2.08. The third-order valence-electron chi connectivity index (χ3n) is 2.23. The predicted octanol–water partition coefficient (Wildman–Crippen LogP) is 1.39. The van der Waals surface area contributed by atoms with Crippen LogP contribution in [0.4, 0.5) is 0 Å². The normalized spacial score (nSPS) is 10.0. The van der Waals surface area contributed by atoms with Crippen molar-refractivity contribution in [1.29, 1.82) is 0 Å². The van der Waals surface area contributed by atoms with Gasteiger partial charge >= 0.3 is 0 Å². The third kappa shape index (κ3) is 3.46. The highest BCUT2D eigenvalue weighted by atomic mass is 32.1. The largest absolute Gasteiger partial charge is 0.467 e. The Morgan fingerprint density at radius 2 is 2.17 bits per heavy atom. The fourth-order valence-electron chi connectivity index (χ4n) is 1.32. The van der Waals surface area contributed by atoms with E-state index in [9.17, 15) is 9.59 Å². The van der Waals surface area contributed by atoms with E-state index >= 15 is 0 Å². The molecule has 2 heterocycles. The van der Waals surface area contributed by atoms with Crippen molar-refractivity contribution in [3.8, 4) is 0 Å². The molecule has 0 radical (unpaired) electrons. The van der Waals surface area contributed by atoms with E-state index in [-0.39, 0.29) is 18.4 Å². The van der Waals surface area contributed by atoms with E-state index in [1.165, 1.54) is 11.3 Å². The van der Waals surface area contributed by atoms with Crippen LogP contribution in [0.1, 0.15) is 16.1 Å². The van der Waals surface area contributed by atoms with Gasteiger partial charge in [-0.05, 0) is 23.6 Å². The van der Waals surface area contributed by atoms with Crippen LogP contribution in [-0.4, -0.2) is 18.4 Å². The van der Waals surface area contributed by atoms with Crippen LogP contribution >= 0.6 is 11.3 Å². The molecule has 2 rings (SSSR count). The van der Waals surface area contributed by atoms with E-state index in [1.54, 1.807) is 29.8 Å². The minimum absolute atomic E-state index is 0.0462. The summed E-state index contributed by atoms with van der Waals surface area (Å²) in [5, 5.41) is 8.72. The molecular formula is C12H12N2O3S. The van der Waals surface area contributed by atoms with Crippen LogP contribution in [0.2, 0.25) is 0 Å². The lowest BCUT2D eigenvalue weighted by Crippen LogP contribution is -2.36. The van der Waals surface area contributed by atoms with Gasteiger partial charge in [0.1, 0.15) is 5.76 Å². The first kappa shape index (κ1) is 12.4. The van der Waals surface area contributed by atoms with Gasteiger partial charge in [0.05, 0.1) is 19.4 Å². The lowest BCUT2D eigenvalue weighted by atomic mass is 10.3. The Kier molecular flexibility index (Phi) is 4.14. The maximum absolute atomic E-state index is 11.5. The molecule has 0 aliphatic rings. The van der Waals surface area contributed by atoms with E-state index in [1.807, 2.05) is 5.38 Å². The highest BCUT2D eigenvalue weighted by Crippen LogP contribution is 2.04. The average Bonchev–Trinajstić information content (AvgIpc) is 3.05. The van der Waals surface area contributed by atoms with E-state index in [0.29, 0.717) is 17.9 Å². The molecule has 6 heteroatoms. The molecule has 94 valence electrons. The Balaban J connectivity index is 1.70. The summed E-state index contributed by atoms with van der Waals surface area (Å²) >= 11 is 1.44. The molecule has 0 spiro atoms. The van der Waals surface area contributed by atoms with Gasteiger partial charge in [-0.3, -0.25) is 9.59 Å². The fourth-order valence-corrected chi connectivity index (χ4v) is 1.95. The summed E-state index contributed by atoms with van der Waals surface area (Å²) in [7, 11) is 0. The first-order valence-corrected chi connectivity index (χ1v) is 6.29. The highest BCUT2D eigenvalue weighted by molar-refractivity contribution is 7.08. The average molecular weight is 264 g/mol. The molecule has 2 aromatic heterocycles. The molecule has 0 aliphatic heterocycles. The van der Waals surface area contributed by atoms with Gasteiger partial charge in [-0.2, -0.15) is 11.3 Å². The van der Waals surface area contributed by atoms with Gasteiger partial charge in [-0.25, -0.2) is 0 Å². The topological polar surface area (TPSA) is 71.3 Å². The second-order valence-corrected chi connectivity index (χ2v) is 4.33. The first-order chi connectivity index (χ1) is 8.75. The summed E-state index contributed by atoms with van der Waals surface area (Å²) in [5.74, 6) is 0.173. The number of hydrogen-bond acceptors (Lipinski definition) is 4. The quantitative estimate of drug-likeness (QED) is 0.857. The second kappa shape index (κ2) is 6.02. The minimum atomic E-state index is -0.255. The van der Waals surface area contributed by atoms with Crippen LogP contribution in [0.25, 0.3) is 0 Å². The number of thiophene rings is 1. The zero-order valence-corrected chi connectivity index (χ0v) is 10.3. The van der Waals surface area contributed by atoms with Crippen molar-refractivity contribution in [1.82, 2.24) is 10.6 Å². The number of furan rings is 1. The number of carbonyl (C=O) groups is 2. The number of nitrogens with one attached hydrogen (secondary N) is 2. The lowest BCUT2D eigenvalue weighted by molar-refractivity contribution is -0.120. The summed E-state index contributed by atoms with van der Waals surface area (Å²) in [5.41, 5.74) is 0.568. The SMILES string of the molecule is O=C(CNC(=O)c1ccsc1)NCc1ccco1. The summed E-state index contributed by atoms with van der Waals surface area (Å²) in [6, 6.07) is 5.23. The molecule has 0 aromatic carbocycles. The molecular weight excluding hydrogens is 252 g/mol. The first-order valence-electron chi connectivity index (χ1n) is 5.35. The van der Waals surface area contributed by atoms with Crippen LogP contribution in [0.5, 0.6) is 0 Å². The van der Waals surface area contributed by atoms with Crippen LogP contribution in [0, 0.1) is 0 Å². The Labute approximate surface area is 108 Å². The van der Waals surface area contributed by atoms with Crippen molar-refractivity contribution in [2.45, 2.75) is 6.54 Å². The van der Waals surface area contributed by atoms with E-state index in [2.05, 4.69) is 10.6 Å². The van der Waals surface area contributed by atoms with Crippen molar-refractivity contribution < 1.29 is 14.0 Å². The Morgan fingerprint density at radius 1 is 1.28 bits per heavy atom. The monoisotopic (exact) mass is 264 g/mol. The number of carbonyl (C=O) groups excluding carboxylic acids is 2. The van der Waals surface area contributed by atoms with E-state index in [4.69, 9.17) is 4.42 Å². The van der Waals surface area contributed by atoms with Crippen LogP contribution < -0.4 is 10.6 Å². The zero-order chi connectivity index (χ0) is 12.8. The van der Waals surface area contributed by atoms with Crippen molar-refractivity contribution in [2.75, 3.05) is 6.54 Å². The summed E-state index contributed by atoms with van der Waals surface area (Å²) in [4.78, 5) is 23.0. The summed E-state index contributed by atoms with van der Waals surface area (Å²) < 4.78 is 5.07. The van der Waals surface area contributed by atoms with Crippen LogP contribution in [-0.2, 0) is 11.3 Å². The summed E-state index contributed by atoms with van der Waals surface area (Å²) in [6.45, 7) is 0.273. The fraction of sp³-hybridized carbons (Fsp3) is 0.167. The van der Waals surface area contributed by atoms with Gasteiger partial charge in [0.2, 0.25) is 5.91 Å². The van der Waals surface area contributed by atoms with Gasteiger partial charge in [0.15, 0.2) is 0 Å². The maximum atomic E-state index is 11.5. The van der Waals surface area contributed by atoms with Gasteiger partial charge in [-0.1, -0.05) is 0 Å². The van der Waals surface area contributed by atoms with Crippen molar-refractivity contribution in [3.63, 3.8) is 0 Å². The van der Waals surface area contributed by atoms with Crippen LogP contribution in [0.15, 0.2) is 39.6 Å². The third-order valence-corrected chi connectivity index (χ3v) is 2.92. The predicted molar refractivity (Wildman–Crippen MR) is 67.2 cm³/mol. The van der Waals surface area contributed by atoms with Crippen molar-refractivity contribution in [3.05, 3.63) is 46.5 Å². The van der Waals surface area contributed by atoms with Crippen molar-refractivity contribution in [2.24, 2.45) is 0 Å². The molecule has 0 unspecified atom stereocenters. The maximum Gasteiger partial charge on any atom is 0.252 e. The number of hydrogen-bond donors (Lipinski definition) is 2. The molecule has 18 heavy (non-hydrogen) atoms. The van der Waals surface area contributed by atoms with Gasteiger partial charge in [0.25, 0.3) is 5.91 Å². The summed E-state index contributed by atoms with van der Waals surface area (Å²) in [6.07, 6.45) is 1.54. The molecule has 0 aliphatic carbocycles. The lowest BCUT2D eigenvalue weighted by Gasteiger charge is -2.04. The molecule has 5 nitrogen and oxygen atoms in total. The molecule has 0 saturated heterocycles. The molecule has 0 fully saturated rings. The number of amides is 2. The molecule has 2 N–H and O–H groups in total. The smallest absolute Gasteiger partial charge is 0.252 e. The van der Waals surface area contributed by atoms with Crippen LogP contribution in [0.3, 0.4) is 0 Å². The Bertz CT molecular complexity index is 505. The standard InChI is InChI=1S/C12H12N2O3S/c15-11(13-6-10-2-1-4-17-10)7-14-12(16)9-3-5-18-8-9/h1-5,8H,6-7H2,(H,13,15)(H,14,16). The van der Waals surface area contributed by atoms with Gasteiger partial charge in [0, 0.05) is 10.9 Å². The molecule has 0 bridgehead atoms. The molecule has 2 aromatic rings.